The summed E-state index contributed by atoms with van der Waals surface area (Å²) in [5, 5.41) is 0. The molecule has 1 unspecified atom stereocenters. The van der Waals surface area contributed by atoms with E-state index in [-0.39, 0.29) is 20.3 Å². The Hall–Kier alpha value is 0.512. The van der Waals surface area contributed by atoms with Crippen LogP contribution in [0.1, 0.15) is 1.43 Å². The Kier molecular flexibility index (Phi) is 10.00. The molecule has 0 aromatic heterocycles. The van der Waals surface area contributed by atoms with Gasteiger partial charge in [0.2, 0.25) is 0 Å². The van der Waals surface area contributed by atoms with E-state index in [0.717, 1.165) is 0 Å². The average Bonchev–Trinajstić information content (AvgIpc) is 1.82. The van der Waals surface area contributed by atoms with Crippen molar-refractivity contribution in [1.82, 2.24) is 0 Å². The van der Waals surface area contributed by atoms with Crippen LogP contribution >= 0.6 is 0 Å². The summed E-state index contributed by atoms with van der Waals surface area (Å²) in [6.07, 6.45) is 0. The summed E-state index contributed by atoms with van der Waals surface area (Å²) in [5.41, 5.74) is 0. The first-order valence-corrected chi connectivity index (χ1v) is 2.56. The van der Waals surface area contributed by atoms with Crippen LogP contribution < -0.4 is 18.9 Å². The smallest absolute Gasteiger partial charge is 1.00 e. The van der Waals surface area contributed by atoms with E-state index in [1.165, 1.54) is 0 Å². The standard InChI is InChI=1S/BF2HO5S.Li.H/c2-6-1(7-3)8-9(4)5;;/h(H,4,5);;/q;+1;-1. The van der Waals surface area contributed by atoms with Crippen molar-refractivity contribution in [2.24, 2.45) is 0 Å². The maximum atomic E-state index is 10.8. The van der Waals surface area contributed by atoms with Crippen LogP contribution in [0.5, 0.6) is 0 Å². The fraction of sp³-hybridized carbons (Fsp3) is 0. The van der Waals surface area contributed by atoms with Crippen LogP contribution in [0.25, 0.3) is 0 Å². The molecule has 0 aromatic carbocycles. The number of hydrogen-bond donors (Lipinski definition) is 1. The predicted molar refractivity (Wildman–Crippen MR) is 23.1 cm³/mol. The van der Waals surface area contributed by atoms with Gasteiger partial charge in [-0.1, -0.05) is 9.05 Å². The van der Waals surface area contributed by atoms with Gasteiger partial charge in [-0.15, -0.1) is 0 Å². The van der Waals surface area contributed by atoms with Gasteiger partial charge >= 0.3 is 26.2 Å². The minimum Gasteiger partial charge on any atom is -1.00 e. The van der Waals surface area contributed by atoms with Crippen LogP contribution in [0.4, 0.5) is 9.05 Å². The monoisotopic (exact) mass is 170 g/mol. The average molecular weight is 170 g/mol. The summed E-state index contributed by atoms with van der Waals surface area (Å²) < 4.78 is 42.2. The minimum absolute atomic E-state index is 0. The van der Waals surface area contributed by atoms with Gasteiger partial charge in [-0.05, 0) is 0 Å². The molecule has 0 aliphatic rings. The predicted octanol–water partition coefficient (Wildman–Crippen LogP) is -2.96. The van der Waals surface area contributed by atoms with E-state index in [2.05, 4.69) is 13.8 Å². The van der Waals surface area contributed by atoms with Crippen LogP contribution in [0, 0.1) is 0 Å². The zero-order valence-corrected chi connectivity index (χ0v) is 5.64. The van der Waals surface area contributed by atoms with E-state index in [0.29, 0.717) is 0 Å². The molecule has 0 saturated heterocycles. The molecule has 1 N–H and O–H groups in total. The van der Waals surface area contributed by atoms with Crippen molar-refractivity contribution in [3.63, 3.8) is 0 Å². The van der Waals surface area contributed by atoms with Crippen LogP contribution in [0.15, 0.2) is 0 Å². The molecule has 0 aliphatic carbocycles. The molecule has 0 bridgehead atoms. The van der Waals surface area contributed by atoms with E-state index in [9.17, 15) is 13.3 Å². The van der Waals surface area contributed by atoms with Gasteiger partial charge in [-0.3, -0.25) is 8.65 Å². The summed E-state index contributed by atoms with van der Waals surface area (Å²) in [7, 11) is -2.41. The first-order valence-electron chi connectivity index (χ1n) is 1.53. The maximum Gasteiger partial charge on any atom is 1.00 e. The summed E-state index contributed by atoms with van der Waals surface area (Å²) in [6.45, 7) is 0. The molecule has 0 radical (unpaired) electrons. The SMILES string of the molecule is O=S(O)OB(OF)OF.[H-].[Li+]. The molecule has 10 heteroatoms. The molecule has 0 aliphatic heterocycles. The molecule has 0 heterocycles. The minimum atomic E-state index is -2.83. The second-order valence-corrected chi connectivity index (χ2v) is 1.41. The molecule has 5 nitrogen and oxygen atoms in total. The van der Waals surface area contributed by atoms with Crippen molar-refractivity contribution in [3.05, 3.63) is 0 Å². The fourth-order valence-electron chi connectivity index (χ4n) is 0.111. The molecular weight excluding hydrogens is 168 g/mol. The Morgan fingerprint density at radius 1 is 1.50 bits per heavy atom. The largest absolute Gasteiger partial charge is 1.00 e. The van der Waals surface area contributed by atoms with Crippen LogP contribution in [0.2, 0.25) is 0 Å². The van der Waals surface area contributed by atoms with Crippen molar-refractivity contribution in [2.75, 3.05) is 0 Å². The summed E-state index contributed by atoms with van der Waals surface area (Å²) in [6, 6.07) is 0. The Morgan fingerprint density at radius 3 is 2.00 bits per heavy atom. The number of hydrogen-bond acceptors (Lipinski definition) is 4. The third-order valence-electron chi connectivity index (χ3n) is 0.306. The molecule has 10 heavy (non-hydrogen) atoms. The third-order valence-corrected chi connectivity index (χ3v) is 0.628. The third kappa shape index (κ3) is 6.63. The molecular formula is H2BF2LiO5S. The van der Waals surface area contributed by atoms with Gasteiger partial charge in [0.1, 0.15) is 0 Å². The van der Waals surface area contributed by atoms with Gasteiger partial charge in [0.05, 0.1) is 0 Å². The molecule has 0 rings (SSSR count). The van der Waals surface area contributed by atoms with E-state index < -0.39 is 18.7 Å². The van der Waals surface area contributed by atoms with Crippen LogP contribution in [0.3, 0.4) is 0 Å². The zero-order valence-electron chi connectivity index (χ0n) is 5.82. The summed E-state index contributed by atoms with van der Waals surface area (Å²) in [5.74, 6) is 0. The Morgan fingerprint density at radius 2 is 1.90 bits per heavy atom. The Balaban J connectivity index is -0.000000320. The van der Waals surface area contributed by atoms with Crippen LogP contribution in [-0.2, 0) is 25.2 Å². The summed E-state index contributed by atoms with van der Waals surface area (Å²) >= 11 is -2.83. The number of rotatable bonds is 4. The van der Waals surface area contributed by atoms with Gasteiger partial charge < -0.3 is 1.43 Å². The molecule has 0 amide bonds. The first-order chi connectivity index (χ1) is 4.20. The van der Waals surface area contributed by atoms with E-state index in [1.54, 1.807) is 0 Å². The molecule has 0 fully saturated rings. The van der Waals surface area contributed by atoms with Gasteiger partial charge in [0.15, 0.2) is 0 Å². The quantitative estimate of drug-likeness (QED) is 0.360. The second-order valence-electron chi connectivity index (χ2n) is 0.780. The van der Waals surface area contributed by atoms with Crippen LogP contribution in [-0.4, -0.2) is 16.1 Å². The molecule has 0 spiro atoms. The molecule has 1 atom stereocenters. The van der Waals surface area contributed by atoms with Crippen molar-refractivity contribution >= 4 is 18.7 Å². The van der Waals surface area contributed by atoms with Gasteiger partial charge in [0, 0.05) is 0 Å². The van der Waals surface area contributed by atoms with Gasteiger partial charge in [-0.2, -0.15) is 13.9 Å². The van der Waals surface area contributed by atoms with Crippen molar-refractivity contribution < 1.29 is 51.9 Å². The van der Waals surface area contributed by atoms with Crippen molar-refractivity contribution in [2.45, 2.75) is 0 Å². The normalized spacial score (nSPS) is 11.9. The van der Waals surface area contributed by atoms with Gasteiger partial charge in [0.25, 0.3) is 11.4 Å². The zero-order chi connectivity index (χ0) is 7.28. The Labute approximate surface area is 71.1 Å². The van der Waals surface area contributed by atoms with E-state index >= 15 is 0 Å². The number of halogens is 2. The molecule has 0 saturated carbocycles. The van der Waals surface area contributed by atoms with Gasteiger partial charge in [-0.25, -0.2) is 0 Å². The maximum absolute atomic E-state index is 10.8. The topological polar surface area (TPSA) is 65.0 Å². The molecule has 56 valence electrons. The summed E-state index contributed by atoms with van der Waals surface area (Å²) in [4.78, 5) is 5.08. The second kappa shape index (κ2) is 7.62. The van der Waals surface area contributed by atoms with Crippen molar-refractivity contribution in [3.8, 4) is 0 Å². The fourth-order valence-corrected chi connectivity index (χ4v) is 0.304. The first kappa shape index (κ1) is 13.1. The van der Waals surface area contributed by atoms with E-state index in [1.807, 2.05) is 0 Å². The Bertz CT molecular complexity index is 102. The van der Waals surface area contributed by atoms with E-state index in [4.69, 9.17) is 4.55 Å². The van der Waals surface area contributed by atoms with Crippen molar-refractivity contribution in [1.29, 1.82) is 0 Å². The molecule has 0 aromatic rings.